The molecule has 12 aromatic carbocycles. The van der Waals surface area contributed by atoms with E-state index in [0.717, 1.165) is 69.2 Å². The zero-order valence-corrected chi connectivity index (χ0v) is 97.6. The third kappa shape index (κ3) is 58.2. The number of benzene rings is 12. The van der Waals surface area contributed by atoms with E-state index in [1.165, 1.54) is 100.0 Å². The molecule has 0 aliphatic carbocycles. The lowest BCUT2D eigenvalue weighted by Gasteiger charge is -2.25. The van der Waals surface area contributed by atoms with Gasteiger partial charge in [0.1, 0.15) is 0 Å². The summed E-state index contributed by atoms with van der Waals surface area (Å²) in [6, 6.07) is 112. The lowest BCUT2D eigenvalue weighted by atomic mass is 10.1. The zero-order valence-electron chi connectivity index (χ0n) is 97.6. The van der Waals surface area contributed by atoms with Gasteiger partial charge in [-0.3, -0.25) is 0 Å². The molecule has 4 heteroatoms. The largest absolute Gasteiger partial charge is 0.311 e. The van der Waals surface area contributed by atoms with Crippen LogP contribution in [0, 0.1) is 0 Å². The van der Waals surface area contributed by atoms with Crippen LogP contribution in [-0.4, -0.2) is 9.13 Å². The van der Waals surface area contributed by atoms with E-state index >= 15 is 0 Å². The van der Waals surface area contributed by atoms with E-state index in [9.17, 15) is 0 Å². The number of hydrogen-bond donors (Lipinski definition) is 0. The fraction of sp³-hybridized carbons (Fsp3) is 0.368. The quantitative estimate of drug-likeness (QED) is 0.0443. The van der Waals surface area contributed by atoms with E-state index in [2.05, 4.69) is 379 Å². The first-order valence-corrected chi connectivity index (χ1v) is 55.1. The molecule has 0 unspecified atom stereocenters. The molecule has 0 aliphatic heterocycles. The van der Waals surface area contributed by atoms with Gasteiger partial charge in [0.2, 0.25) is 0 Å². The molecule has 140 heavy (non-hydrogen) atoms. The van der Waals surface area contributed by atoms with Crippen molar-refractivity contribution < 1.29 is 0 Å². The van der Waals surface area contributed by atoms with E-state index in [-0.39, 0.29) is 0 Å². The molecule has 0 radical (unpaired) electrons. The number of anilines is 6. The minimum Gasteiger partial charge on any atom is -0.311 e. The SMILES string of the molecule is C=C/C=C/CCc1ccc(-n2c3ccccc3c3ccccc32)cc1.C=C/C=C/CCc1ccc(N(c2ccccc2)c2ccccc2)cc1.C=C/C=C/CCc1cccc(-n2c3ccccc3c3ccccc32)c1.CC.CC.CC.CC.CC.CC.CC.CC.CC.CC.CC.CC.CC.CC.CC.CC.CC.CC.CC.CC.CC/C=C/CCc1cccc(N(c2ccccc2)c2ccccc2)c1. The van der Waals surface area contributed by atoms with E-state index in [4.69, 9.17) is 0 Å². The van der Waals surface area contributed by atoms with Crippen LogP contribution in [0.15, 0.2) is 402 Å². The Kier molecular flexibility index (Phi) is 123. The van der Waals surface area contributed by atoms with Crippen LogP contribution in [0.3, 0.4) is 0 Å². The molecule has 14 rings (SSSR count). The highest BCUT2D eigenvalue weighted by molar-refractivity contribution is 6.10. The van der Waals surface area contributed by atoms with Gasteiger partial charge in [-0.2, -0.15) is 0 Å². The van der Waals surface area contributed by atoms with Crippen molar-refractivity contribution in [1.82, 2.24) is 9.13 Å². The Labute approximate surface area is 868 Å². The van der Waals surface area contributed by atoms with E-state index in [0.29, 0.717) is 0 Å². The minimum absolute atomic E-state index is 1.03. The van der Waals surface area contributed by atoms with Gasteiger partial charge >= 0.3 is 0 Å². The van der Waals surface area contributed by atoms with Gasteiger partial charge in [-0.05, 0) is 201 Å². The Morgan fingerprint density at radius 2 is 0.414 bits per heavy atom. The van der Waals surface area contributed by atoms with Crippen LogP contribution >= 0.6 is 0 Å². The maximum atomic E-state index is 3.72. The molecule has 2 aromatic heterocycles. The topological polar surface area (TPSA) is 16.3 Å². The molecule has 0 amide bonds. The summed E-state index contributed by atoms with van der Waals surface area (Å²) in [5, 5.41) is 5.21. The predicted octanol–water partition coefficient (Wildman–Crippen LogP) is 47.3. The number of fused-ring (bicyclic) bond motifs is 6. The number of hydrogen-bond acceptors (Lipinski definition) is 2. The molecular formula is C136H210N4. The second-order valence-corrected chi connectivity index (χ2v) is 24.5. The van der Waals surface area contributed by atoms with Crippen LogP contribution in [0.4, 0.5) is 34.1 Å². The Balaban J connectivity index is -0.000000179. The van der Waals surface area contributed by atoms with Crippen molar-refractivity contribution in [2.45, 2.75) is 342 Å². The average molecular weight is 1900 g/mol. The maximum absolute atomic E-state index is 3.72. The lowest BCUT2D eigenvalue weighted by Crippen LogP contribution is -2.09. The maximum Gasteiger partial charge on any atom is 0.0541 e. The fourth-order valence-corrected chi connectivity index (χ4v) is 12.8. The van der Waals surface area contributed by atoms with Gasteiger partial charge in [-0.1, -0.05) is 565 Å². The number of allylic oxidation sites excluding steroid dienone is 11. The standard InChI is InChI=1S/2C24H21N.C24H25N.C24H23N.20C2H6/c1-2-3-4-5-11-19-12-10-13-20(18-19)25-23-16-8-6-14-21(23)22-15-7-9-17-24(22)25;1-2-3-4-5-10-19-15-17-20(18-16-19)25-23-13-8-6-11-21(23)22-12-7-9-14-24(22)25;1-2-3-4-7-13-21-14-12-19-24(20-21)25(22-15-8-5-9-16-22)23-17-10-6-11-18-23;1-2-3-4-7-12-21-17-19-24(20-18-21)25(22-13-8-5-9-14-22)23-15-10-6-11-16-23;20*1-2/h2-4,6-10,12-18H,1,5,11H2;2-4,6-9,11-18H,1,5,10H2;3-6,8-12,14-20H,2,7,13H2,1H3;2-6,8-11,13-20H,1,7,12H2;20*1-2H3/b4*4-3+;;;;;;;;;;;;;;;;;;;;. The smallest absolute Gasteiger partial charge is 0.0541 e. The zero-order chi connectivity index (χ0) is 109. The summed E-state index contributed by atoms with van der Waals surface area (Å²) in [6.07, 6.45) is 32.0. The summed E-state index contributed by atoms with van der Waals surface area (Å²) in [6.45, 7) is 93.3. The van der Waals surface area contributed by atoms with Crippen molar-refractivity contribution in [3.8, 4) is 11.4 Å². The molecular weight excluding hydrogens is 1690 g/mol. The van der Waals surface area contributed by atoms with E-state index in [1.54, 1.807) is 0 Å². The molecule has 0 aliphatic rings. The Morgan fingerprint density at radius 1 is 0.193 bits per heavy atom. The van der Waals surface area contributed by atoms with Gasteiger partial charge in [0.25, 0.3) is 0 Å². The molecule has 4 nitrogen and oxygen atoms in total. The molecule has 14 aromatic rings. The van der Waals surface area contributed by atoms with Crippen LogP contribution in [0.2, 0.25) is 0 Å². The number of nitrogens with zero attached hydrogens (tertiary/aromatic N) is 4. The number of aromatic nitrogens is 2. The number of aryl methyl sites for hydroxylation is 4. The summed E-state index contributed by atoms with van der Waals surface area (Å²) < 4.78 is 4.72. The van der Waals surface area contributed by atoms with Crippen LogP contribution < -0.4 is 9.80 Å². The third-order valence-corrected chi connectivity index (χ3v) is 17.6. The molecule has 0 N–H and O–H groups in total. The molecule has 0 atom stereocenters. The summed E-state index contributed by atoms with van der Waals surface area (Å²) in [7, 11) is 0. The second-order valence-electron chi connectivity index (χ2n) is 24.5. The molecule has 2 heterocycles. The number of para-hydroxylation sites is 8. The minimum atomic E-state index is 1.03. The molecule has 0 bridgehead atoms. The first-order valence-electron chi connectivity index (χ1n) is 55.1. The molecule has 0 spiro atoms. The van der Waals surface area contributed by atoms with Crippen molar-refractivity contribution >= 4 is 77.7 Å². The van der Waals surface area contributed by atoms with Gasteiger partial charge in [0.05, 0.1) is 22.1 Å². The first-order chi connectivity index (χ1) is 69.5. The Hall–Kier alpha value is -12.0. The van der Waals surface area contributed by atoms with Crippen molar-refractivity contribution in [1.29, 1.82) is 0 Å². The lowest BCUT2D eigenvalue weighted by molar-refractivity contribution is 0.991. The Morgan fingerprint density at radius 3 is 0.700 bits per heavy atom. The van der Waals surface area contributed by atoms with Crippen molar-refractivity contribution in [3.05, 3.63) is 424 Å². The highest BCUT2D eigenvalue weighted by Gasteiger charge is 2.16. The second kappa shape index (κ2) is 116. The van der Waals surface area contributed by atoms with Gasteiger partial charge < -0.3 is 18.9 Å². The van der Waals surface area contributed by atoms with E-state index in [1.807, 2.05) is 326 Å². The van der Waals surface area contributed by atoms with Crippen molar-refractivity contribution in [2.24, 2.45) is 0 Å². The van der Waals surface area contributed by atoms with Crippen LogP contribution in [0.5, 0.6) is 0 Å². The normalized spacial score (nSPS) is 8.84. The summed E-state index contributed by atoms with van der Waals surface area (Å²) >= 11 is 0. The fourth-order valence-electron chi connectivity index (χ4n) is 12.8. The summed E-state index contributed by atoms with van der Waals surface area (Å²) in [5.41, 5.74) is 19.9. The van der Waals surface area contributed by atoms with Crippen LogP contribution in [0.1, 0.15) is 338 Å². The summed E-state index contributed by atoms with van der Waals surface area (Å²) in [4.78, 5) is 4.59. The van der Waals surface area contributed by atoms with Crippen LogP contribution in [-0.2, 0) is 25.7 Å². The molecule has 0 saturated heterocycles. The van der Waals surface area contributed by atoms with Gasteiger partial charge in [-0.25, -0.2) is 0 Å². The van der Waals surface area contributed by atoms with E-state index < -0.39 is 0 Å². The van der Waals surface area contributed by atoms with Gasteiger partial charge in [-0.15, -0.1) is 0 Å². The van der Waals surface area contributed by atoms with Crippen molar-refractivity contribution in [2.75, 3.05) is 9.80 Å². The highest BCUT2D eigenvalue weighted by atomic mass is 15.1. The van der Waals surface area contributed by atoms with Gasteiger partial charge in [0.15, 0.2) is 0 Å². The summed E-state index contributed by atoms with van der Waals surface area (Å²) in [5.74, 6) is 0. The predicted molar refractivity (Wildman–Crippen MR) is 661 cm³/mol. The van der Waals surface area contributed by atoms with Gasteiger partial charge in [0, 0.05) is 67.0 Å². The average Bonchev–Trinajstić information content (AvgIpc) is 1.60. The molecule has 0 fully saturated rings. The Bertz CT molecular complexity index is 4790. The first kappa shape index (κ1) is 148. The van der Waals surface area contributed by atoms with Crippen LogP contribution in [0.25, 0.3) is 55.0 Å². The monoisotopic (exact) mass is 1900 g/mol. The molecule has 774 valence electrons. The van der Waals surface area contributed by atoms with Crippen molar-refractivity contribution in [3.63, 3.8) is 0 Å². The highest BCUT2D eigenvalue weighted by Crippen LogP contribution is 2.38. The number of rotatable bonds is 24. The molecule has 0 saturated carbocycles. The third-order valence-electron chi connectivity index (χ3n) is 17.6.